The lowest BCUT2D eigenvalue weighted by Crippen LogP contribution is -2.05. The highest BCUT2D eigenvalue weighted by atomic mass is 16.3. The molecule has 144 valence electrons. The van der Waals surface area contributed by atoms with Gasteiger partial charge in [-0.1, -0.05) is 103 Å². The van der Waals surface area contributed by atoms with Gasteiger partial charge in [0.1, 0.15) is 0 Å². The molecule has 0 radical (unpaired) electrons. The maximum absolute atomic E-state index is 9.93. The average molecular weight is 339 g/mol. The zero-order valence-electron chi connectivity index (χ0n) is 16.9. The fraction of sp³-hybridized carbons (Fsp3) is 0.913. The molecule has 0 heterocycles. The Bertz CT molecular complexity index is 246. The van der Waals surface area contributed by atoms with Crippen LogP contribution in [0.1, 0.15) is 129 Å². The zero-order chi connectivity index (χ0) is 17.7. The van der Waals surface area contributed by atoms with E-state index in [4.69, 9.17) is 0 Å². The van der Waals surface area contributed by atoms with Crippen molar-refractivity contribution >= 4 is 0 Å². The lowest BCUT2D eigenvalue weighted by molar-refractivity contribution is 0.147. The number of aliphatic hydroxyl groups excluding tert-OH is 1. The Kier molecular flexibility index (Phi) is 20.5. The SMILES string of the molecule is CCCCCC/C=C\CCCCCCCC[C@H](O)CCCCCC. The van der Waals surface area contributed by atoms with Crippen molar-refractivity contribution in [3.05, 3.63) is 12.2 Å². The quantitative estimate of drug-likeness (QED) is 0.187. The van der Waals surface area contributed by atoms with Crippen LogP contribution in [0.25, 0.3) is 0 Å². The van der Waals surface area contributed by atoms with Crippen LogP contribution in [0.2, 0.25) is 0 Å². The molecular weight excluding hydrogens is 292 g/mol. The van der Waals surface area contributed by atoms with E-state index in [0.717, 1.165) is 12.8 Å². The summed E-state index contributed by atoms with van der Waals surface area (Å²) in [6.45, 7) is 4.51. The van der Waals surface area contributed by atoms with E-state index in [1.165, 1.54) is 103 Å². The Labute approximate surface area is 153 Å². The van der Waals surface area contributed by atoms with Crippen LogP contribution in [0, 0.1) is 0 Å². The van der Waals surface area contributed by atoms with Gasteiger partial charge in [-0.15, -0.1) is 0 Å². The molecule has 0 saturated carbocycles. The van der Waals surface area contributed by atoms with Gasteiger partial charge in [0.2, 0.25) is 0 Å². The topological polar surface area (TPSA) is 20.2 Å². The van der Waals surface area contributed by atoms with Gasteiger partial charge in [0.25, 0.3) is 0 Å². The number of unbranched alkanes of at least 4 members (excludes halogenated alkanes) is 13. The summed E-state index contributed by atoms with van der Waals surface area (Å²) in [7, 11) is 0. The highest BCUT2D eigenvalue weighted by molar-refractivity contribution is 4.81. The second kappa shape index (κ2) is 20.7. The Morgan fingerprint density at radius 1 is 0.542 bits per heavy atom. The Morgan fingerprint density at radius 3 is 1.42 bits per heavy atom. The van der Waals surface area contributed by atoms with Crippen LogP contribution in [-0.2, 0) is 0 Å². The molecule has 0 spiro atoms. The van der Waals surface area contributed by atoms with Crippen molar-refractivity contribution in [1.82, 2.24) is 0 Å². The summed E-state index contributed by atoms with van der Waals surface area (Å²) in [5.74, 6) is 0. The van der Waals surface area contributed by atoms with Crippen molar-refractivity contribution in [2.24, 2.45) is 0 Å². The Hall–Kier alpha value is -0.300. The van der Waals surface area contributed by atoms with Crippen molar-refractivity contribution in [3.63, 3.8) is 0 Å². The van der Waals surface area contributed by atoms with Gasteiger partial charge in [0, 0.05) is 0 Å². The van der Waals surface area contributed by atoms with Crippen LogP contribution in [-0.4, -0.2) is 11.2 Å². The summed E-state index contributed by atoms with van der Waals surface area (Å²) in [5.41, 5.74) is 0. The minimum atomic E-state index is -0.0377. The fourth-order valence-electron chi connectivity index (χ4n) is 3.23. The molecule has 0 bridgehead atoms. The number of hydrogen-bond donors (Lipinski definition) is 1. The summed E-state index contributed by atoms with van der Waals surface area (Å²) >= 11 is 0. The standard InChI is InChI=1S/C23H46O/c1-3-5-7-9-10-11-12-13-14-15-16-17-18-20-22-23(24)21-19-8-6-4-2/h11-12,23-24H,3-10,13-22H2,1-2H3/b12-11-/t23-/m1/s1. The number of aliphatic hydroxyl groups is 1. The molecule has 0 fully saturated rings. The van der Waals surface area contributed by atoms with Gasteiger partial charge in [-0.05, 0) is 38.5 Å². The maximum atomic E-state index is 9.93. The second-order valence-corrected chi connectivity index (χ2v) is 7.52. The van der Waals surface area contributed by atoms with Crippen LogP contribution in [0.5, 0.6) is 0 Å². The van der Waals surface area contributed by atoms with Crippen LogP contribution in [0.15, 0.2) is 12.2 Å². The molecule has 0 aliphatic heterocycles. The van der Waals surface area contributed by atoms with E-state index in [1.807, 2.05) is 0 Å². The van der Waals surface area contributed by atoms with E-state index in [-0.39, 0.29) is 6.10 Å². The number of hydrogen-bond acceptors (Lipinski definition) is 1. The highest BCUT2D eigenvalue weighted by Gasteiger charge is 2.03. The van der Waals surface area contributed by atoms with Crippen molar-refractivity contribution in [2.75, 3.05) is 0 Å². The lowest BCUT2D eigenvalue weighted by Gasteiger charge is -2.09. The molecule has 0 amide bonds. The summed E-state index contributed by atoms with van der Waals surface area (Å²) in [6.07, 6.45) is 27.9. The first-order chi connectivity index (χ1) is 11.8. The van der Waals surface area contributed by atoms with E-state index in [0.29, 0.717) is 0 Å². The van der Waals surface area contributed by atoms with Crippen LogP contribution < -0.4 is 0 Å². The predicted molar refractivity (Wildman–Crippen MR) is 110 cm³/mol. The van der Waals surface area contributed by atoms with Crippen molar-refractivity contribution < 1.29 is 5.11 Å². The average Bonchev–Trinajstić information content (AvgIpc) is 2.59. The number of allylic oxidation sites excluding steroid dienone is 2. The third-order valence-electron chi connectivity index (χ3n) is 4.94. The van der Waals surface area contributed by atoms with Gasteiger partial charge in [-0.3, -0.25) is 0 Å². The van der Waals surface area contributed by atoms with Gasteiger partial charge in [0.05, 0.1) is 6.10 Å². The molecule has 1 N–H and O–H groups in total. The lowest BCUT2D eigenvalue weighted by atomic mass is 10.0. The number of rotatable bonds is 19. The minimum absolute atomic E-state index is 0.0377. The van der Waals surface area contributed by atoms with Gasteiger partial charge < -0.3 is 5.11 Å². The molecule has 1 nitrogen and oxygen atoms in total. The molecule has 1 atom stereocenters. The van der Waals surface area contributed by atoms with E-state index in [2.05, 4.69) is 26.0 Å². The molecule has 0 rings (SSSR count). The Morgan fingerprint density at radius 2 is 0.917 bits per heavy atom. The minimum Gasteiger partial charge on any atom is -0.393 e. The maximum Gasteiger partial charge on any atom is 0.0540 e. The smallest absolute Gasteiger partial charge is 0.0540 e. The largest absolute Gasteiger partial charge is 0.393 e. The monoisotopic (exact) mass is 338 g/mol. The third-order valence-corrected chi connectivity index (χ3v) is 4.94. The first-order valence-corrected chi connectivity index (χ1v) is 11.1. The van der Waals surface area contributed by atoms with E-state index in [1.54, 1.807) is 0 Å². The molecule has 24 heavy (non-hydrogen) atoms. The van der Waals surface area contributed by atoms with Gasteiger partial charge in [0.15, 0.2) is 0 Å². The fourth-order valence-corrected chi connectivity index (χ4v) is 3.23. The van der Waals surface area contributed by atoms with Crippen molar-refractivity contribution in [3.8, 4) is 0 Å². The van der Waals surface area contributed by atoms with E-state index >= 15 is 0 Å². The molecule has 0 aliphatic carbocycles. The molecule has 0 saturated heterocycles. The highest BCUT2D eigenvalue weighted by Crippen LogP contribution is 2.14. The molecule has 1 heteroatoms. The summed E-state index contributed by atoms with van der Waals surface area (Å²) in [4.78, 5) is 0. The van der Waals surface area contributed by atoms with Crippen molar-refractivity contribution in [2.45, 2.75) is 136 Å². The van der Waals surface area contributed by atoms with E-state index in [9.17, 15) is 5.11 Å². The van der Waals surface area contributed by atoms with Gasteiger partial charge in [-0.2, -0.15) is 0 Å². The third kappa shape index (κ3) is 19.7. The normalized spacial score (nSPS) is 13.0. The van der Waals surface area contributed by atoms with Crippen LogP contribution in [0.3, 0.4) is 0 Å². The molecule has 0 aromatic heterocycles. The summed E-state index contributed by atoms with van der Waals surface area (Å²) < 4.78 is 0. The first kappa shape index (κ1) is 23.7. The molecule has 0 aliphatic rings. The zero-order valence-corrected chi connectivity index (χ0v) is 16.9. The molecular formula is C23H46O. The molecule has 0 aromatic rings. The van der Waals surface area contributed by atoms with Crippen LogP contribution in [0.4, 0.5) is 0 Å². The molecule has 0 aromatic carbocycles. The van der Waals surface area contributed by atoms with Gasteiger partial charge in [-0.25, -0.2) is 0 Å². The van der Waals surface area contributed by atoms with Gasteiger partial charge >= 0.3 is 0 Å². The first-order valence-electron chi connectivity index (χ1n) is 11.1. The van der Waals surface area contributed by atoms with Crippen LogP contribution >= 0.6 is 0 Å². The second-order valence-electron chi connectivity index (χ2n) is 7.52. The summed E-state index contributed by atoms with van der Waals surface area (Å²) in [5, 5.41) is 9.93. The van der Waals surface area contributed by atoms with Crippen molar-refractivity contribution in [1.29, 1.82) is 0 Å². The Balaban J connectivity index is 3.15. The van der Waals surface area contributed by atoms with E-state index < -0.39 is 0 Å². The summed E-state index contributed by atoms with van der Waals surface area (Å²) in [6, 6.07) is 0. The molecule has 0 unspecified atom stereocenters. The predicted octanol–water partition coefficient (Wildman–Crippen LogP) is 7.97.